The molecule has 0 aliphatic carbocycles. The highest BCUT2D eigenvalue weighted by molar-refractivity contribution is 7.99. The largest absolute Gasteiger partial charge is 0.292 e. The van der Waals surface area contributed by atoms with Crippen molar-refractivity contribution in [2.45, 2.75) is 40.2 Å². The Morgan fingerprint density at radius 1 is 0.639 bits per heavy atom. The molecule has 4 rings (SSSR count). The van der Waals surface area contributed by atoms with Crippen molar-refractivity contribution in [3.63, 3.8) is 0 Å². The summed E-state index contributed by atoms with van der Waals surface area (Å²) in [5.74, 6) is -0.485. The van der Waals surface area contributed by atoms with Crippen LogP contribution in [0.4, 0.5) is 0 Å². The van der Waals surface area contributed by atoms with E-state index in [-0.39, 0.29) is 10.7 Å². The summed E-state index contributed by atoms with van der Waals surface area (Å²) in [4.78, 5) is 27.8. The molecule has 0 saturated heterocycles. The lowest BCUT2D eigenvalue weighted by Crippen LogP contribution is -2.40. The monoisotopic (exact) mass is 514 g/mol. The van der Waals surface area contributed by atoms with Crippen LogP contribution in [0.1, 0.15) is 45.7 Å². The summed E-state index contributed by atoms with van der Waals surface area (Å²) >= 11 is 1.49. The fourth-order valence-electron chi connectivity index (χ4n) is 3.72. The maximum absolute atomic E-state index is 13.2. The van der Waals surface area contributed by atoms with Gasteiger partial charge in [0.2, 0.25) is 0 Å². The molecule has 4 aromatic rings. The molecule has 0 bridgehead atoms. The number of sulfone groups is 1. The second-order valence-corrected chi connectivity index (χ2v) is 12.6. The first-order valence-corrected chi connectivity index (χ1v) is 13.7. The number of rotatable bonds is 8. The molecule has 0 saturated carbocycles. The van der Waals surface area contributed by atoms with E-state index in [1.54, 1.807) is 60.7 Å². The normalized spacial score (nSPS) is 11.8. The van der Waals surface area contributed by atoms with E-state index in [9.17, 15) is 18.0 Å². The number of carbonyl (C=O) groups excluding carboxylic acids is 2. The van der Waals surface area contributed by atoms with Crippen LogP contribution in [0.25, 0.3) is 0 Å². The number of benzene rings is 4. The van der Waals surface area contributed by atoms with Gasteiger partial charge in [-0.15, -0.1) is 0 Å². The second kappa shape index (κ2) is 10.2. The van der Waals surface area contributed by atoms with Gasteiger partial charge in [-0.05, 0) is 69.3 Å². The van der Waals surface area contributed by atoms with E-state index in [4.69, 9.17) is 0 Å². The third-order valence-corrected chi connectivity index (χ3v) is 9.49. The highest BCUT2D eigenvalue weighted by Gasteiger charge is 2.43. The quantitative estimate of drug-likeness (QED) is 0.242. The second-order valence-electron chi connectivity index (χ2n) is 9.00. The first-order valence-electron chi connectivity index (χ1n) is 11.4. The summed E-state index contributed by atoms with van der Waals surface area (Å²) < 4.78 is 24.8. The first-order chi connectivity index (χ1) is 17.1. The van der Waals surface area contributed by atoms with Gasteiger partial charge in [-0.1, -0.05) is 71.9 Å². The molecule has 0 atom stereocenters. The van der Waals surface area contributed by atoms with E-state index in [1.165, 1.54) is 37.7 Å². The lowest BCUT2D eigenvalue weighted by atomic mass is 10.0. The van der Waals surface area contributed by atoms with Crippen molar-refractivity contribution in [3.05, 3.63) is 125 Å². The van der Waals surface area contributed by atoms with E-state index < -0.39 is 20.4 Å². The van der Waals surface area contributed by atoms with Crippen LogP contribution in [0.15, 0.2) is 118 Å². The van der Waals surface area contributed by atoms with Crippen LogP contribution in [0.3, 0.4) is 0 Å². The molecule has 0 radical (unpaired) electrons. The average Bonchev–Trinajstić information content (AvgIpc) is 2.89. The van der Waals surface area contributed by atoms with Gasteiger partial charge in [-0.3, -0.25) is 9.59 Å². The molecule has 0 aliphatic rings. The minimum absolute atomic E-state index is 0.0294. The zero-order valence-corrected chi connectivity index (χ0v) is 21.9. The molecule has 0 N–H and O–H groups in total. The van der Waals surface area contributed by atoms with Crippen molar-refractivity contribution >= 4 is 33.2 Å². The number of Topliss-reactive ketones (excluding diaryl/α,β-unsaturated/α-hetero) is 1. The number of aryl methyl sites for hydroxylation is 1. The van der Waals surface area contributed by atoms with E-state index in [0.717, 1.165) is 15.4 Å². The molecule has 4 aromatic carbocycles. The summed E-state index contributed by atoms with van der Waals surface area (Å²) in [6, 6.07) is 30.0. The Kier molecular flexibility index (Phi) is 7.29. The van der Waals surface area contributed by atoms with Crippen LogP contribution < -0.4 is 0 Å². The Bertz CT molecular complexity index is 1490. The lowest BCUT2D eigenvalue weighted by Gasteiger charge is -2.23. The molecule has 36 heavy (non-hydrogen) atoms. The molecule has 6 heteroatoms. The Morgan fingerprint density at radius 2 is 1.11 bits per heavy atom. The molecular formula is C30H26O4S2. The SMILES string of the molecule is Cc1ccc(S(=O)(=O)C(C)(C)C(=O)c2ccc(Sc3ccc(C(=O)c4ccccc4)cc3)cc2)cc1. The summed E-state index contributed by atoms with van der Waals surface area (Å²) in [5.41, 5.74) is 2.54. The van der Waals surface area contributed by atoms with E-state index in [2.05, 4.69) is 0 Å². The van der Waals surface area contributed by atoms with Crippen LogP contribution in [0.2, 0.25) is 0 Å². The van der Waals surface area contributed by atoms with Gasteiger partial charge in [0.25, 0.3) is 0 Å². The average molecular weight is 515 g/mol. The molecule has 182 valence electrons. The Labute approximate surface area is 216 Å². The van der Waals surface area contributed by atoms with Crippen LogP contribution in [0, 0.1) is 6.92 Å². The van der Waals surface area contributed by atoms with E-state index >= 15 is 0 Å². The molecule has 4 nitrogen and oxygen atoms in total. The molecule has 0 aliphatic heterocycles. The number of ketones is 2. The highest BCUT2D eigenvalue weighted by atomic mass is 32.2. The molecular weight excluding hydrogens is 488 g/mol. The van der Waals surface area contributed by atoms with Gasteiger partial charge in [-0.25, -0.2) is 8.42 Å². The fraction of sp³-hybridized carbons (Fsp3) is 0.133. The number of carbonyl (C=O) groups is 2. The van der Waals surface area contributed by atoms with Crippen LogP contribution in [-0.4, -0.2) is 24.7 Å². The predicted octanol–water partition coefficient (Wildman–Crippen LogP) is 6.81. The van der Waals surface area contributed by atoms with Crippen LogP contribution >= 0.6 is 11.8 Å². The summed E-state index contributed by atoms with van der Waals surface area (Å²) in [6.07, 6.45) is 0. The fourth-order valence-corrected chi connectivity index (χ4v) is 5.98. The molecule has 0 heterocycles. The van der Waals surface area contributed by atoms with Crippen LogP contribution in [-0.2, 0) is 9.84 Å². The molecule has 0 aromatic heterocycles. The third kappa shape index (κ3) is 5.20. The third-order valence-electron chi connectivity index (χ3n) is 6.05. The lowest BCUT2D eigenvalue weighted by molar-refractivity contribution is 0.0953. The maximum Gasteiger partial charge on any atom is 0.193 e. The zero-order valence-electron chi connectivity index (χ0n) is 20.3. The first kappa shape index (κ1) is 25.6. The minimum atomic E-state index is -3.87. The van der Waals surface area contributed by atoms with Gasteiger partial charge in [0.1, 0.15) is 4.75 Å². The van der Waals surface area contributed by atoms with Crippen molar-refractivity contribution in [2.24, 2.45) is 0 Å². The van der Waals surface area contributed by atoms with Crippen molar-refractivity contribution in [1.82, 2.24) is 0 Å². The topological polar surface area (TPSA) is 68.3 Å². The van der Waals surface area contributed by atoms with Gasteiger partial charge < -0.3 is 0 Å². The smallest absolute Gasteiger partial charge is 0.193 e. The van der Waals surface area contributed by atoms with Crippen molar-refractivity contribution in [2.75, 3.05) is 0 Å². The Morgan fingerprint density at radius 3 is 1.64 bits per heavy atom. The summed E-state index contributed by atoms with van der Waals surface area (Å²) in [5, 5.41) is 0. The Balaban J connectivity index is 1.47. The van der Waals surface area contributed by atoms with Crippen LogP contribution in [0.5, 0.6) is 0 Å². The van der Waals surface area contributed by atoms with Gasteiger partial charge >= 0.3 is 0 Å². The van der Waals surface area contributed by atoms with Crippen molar-refractivity contribution in [3.8, 4) is 0 Å². The van der Waals surface area contributed by atoms with Gasteiger partial charge in [0.05, 0.1) is 4.90 Å². The standard InChI is InChI=1S/C30H26O4S2/c1-21-9-19-27(20-10-21)36(33,34)30(2,3)29(32)24-13-17-26(18-14-24)35-25-15-11-23(12-16-25)28(31)22-7-5-4-6-8-22/h4-20H,1-3H3. The number of hydrogen-bond donors (Lipinski definition) is 0. The molecule has 0 spiro atoms. The van der Waals surface area contributed by atoms with Gasteiger partial charge in [0, 0.05) is 26.5 Å². The minimum Gasteiger partial charge on any atom is -0.292 e. The van der Waals surface area contributed by atoms with Crippen molar-refractivity contribution in [1.29, 1.82) is 0 Å². The highest BCUT2D eigenvalue weighted by Crippen LogP contribution is 2.32. The van der Waals surface area contributed by atoms with Gasteiger partial charge in [0.15, 0.2) is 21.4 Å². The van der Waals surface area contributed by atoms with E-state index in [0.29, 0.717) is 16.7 Å². The van der Waals surface area contributed by atoms with Crippen molar-refractivity contribution < 1.29 is 18.0 Å². The number of hydrogen-bond acceptors (Lipinski definition) is 5. The molecule has 0 unspecified atom stereocenters. The summed E-state index contributed by atoms with van der Waals surface area (Å²) in [7, 11) is -3.87. The zero-order chi connectivity index (χ0) is 25.9. The Hall–Kier alpha value is -3.48. The summed E-state index contributed by atoms with van der Waals surface area (Å²) in [6.45, 7) is 4.78. The van der Waals surface area contributed by atoms with Gasteiger partial charge in [-0.2, -0.15) is 0 Å². The maximum atomic E-state index is 13.2. The molecule has 0 fully saturated rings. The molecule has 0 amide bonds. The van der Waals surface area contributed by atoms with E-state index in [1.807, 2.05) is 37.3 Å². The predicted molar refractivity (Wildman–Crippen MR) is 144 cm³/mol.